The Balaban J connectivity index is 1.04. The molecule has 0 unspecified atom stereocenters. The Labute approximate surface area is 342 Å². The number of benzene rings is 9. The first-order valence-corrected chi connectivity index (χ1v) is 20.1. The molecule has 1 spiro atoms. The summed E-state index contributed by atoms with van der Waals surface area (Å²) in [7, 11) is 0. The van der Waals surface area contributed by atoms with Gasteiger partial charge in [-0.3, -0.25) is 0 Å². The van der Waals surface area contributed by atoms with Crippen molar-refractivity contribution < 1.29 is 9.15 Å². The van der Waals surface area contributed by atoms with Gasteiger partial charge in [-0.1, -0.05) is 121 Å². The molecule has 278 valence electrons. The van der Waals surface area contributed by atoms with Crippen molar-refractivity contribution in [2.75, 3.05) is 9.80 Å². The minimum Gasteiger partial charge on any atom is -0.457 e. The number of furan rings is 1. The number of hydrogen-bond donors (Lipinski definition) is 0. The van der Waals surface area contributed by atoms with Crippen LogP contribution in [0.5, 0.6) is 11.5 Å². The van der Waals surface area contributed by atoms with Gasteiger partial charge >= 0.3 is 0 Å². The van der Waals surface area contributed by atoms with Crippen LogP contribution in [-0.4, -0.2) is 0 Å². The quantitative estimate of drug-likeness (QED) is 0.169. The number of hydrogen-bond acceptors (Lipinski definition) is 4. The van der Waals surface area contributed by atoms with Gasteiger partial charge in [0.1, 0.15) is 22.7 Å². The van der Waals surface area contributed by atoms with Crippen LogP contribution in [0.3, 0.4) is 0 Å². The lowest BCUT2D eigenvalue weighted by Crippen LogP contribution is -2.32. The lowest BCUT2D eigenvalue weighted by molar-refractivity contribution is 0.436. The Morgan fingerprint density at radius 3 is 1.42 bits per heavy atom. The highest BCUT2D eigenvalue weighted by atomic mass is 16.5. The van der Waals surface area contributed by atoms with Crippen LogP contribution < -0.4 is 14.5 Å². The van der Waals surface area contributed by atoms with Crippen LogP contribution in [0.15, 0.2) is 223 Å². The highest BCUT2D eigenvalue weighted by molar-refractivity contribution is 6.08. The third-order valence-electron chi connectivity index (χ3n) is 12.1. The number of rotatable bonds is 6. The fourth-order valence-corrected chi connectivity index (χ4v) is 9.64. The SMILES string of the molecule is c1ccc(N(c2ccccc2)c2ccc3c(c2)oc2ccc(N(c4ccccc4)c4ccc5c(c4)C4(c6ccccc6Oc6ccccc64)c4ccccc4-5)cc23)cc1. The molecule has 1 aromatic heterocycles. The average molecular weight is 757 g/mol. The molecule has 10 aromatic rings. The van der Waals surface area contributed by atoms with E-state index < -0.39 is 5.41 Å². The van der Waals surface area contributed by atoms with E-state index in [0.717, 1.165) is 78.7 Å². The van der Waals surface area contributed by atoms with E-state index in [1.165, 1.54) is 22.3 Å². The fourth-order valence-electron chi connectivity index (χ4n) is 9.64. The summed E-state index contributed by atoms with van der Waals surface area (Å²) in [6.07, 6.45) is 0. The molecule has 0 radical (unpaired) electrons. The summed E-state index contributed by atoms with van der Waals surface area (Å²) in [4.78, 5) is 4.64. The molecule has 4 nitrogen and oxygen atoms in total. The van der Waals surface area contributed by atoms with Crippen LogP contribution in [0.1, 0.15) is 22.3 Å². The third kappa shape index (κ3) is 5.03. The lowest BCUT2D eigenvalue weighted by atomic mass is 9.66. The van der Waals surface area contributed by atoms with E-state index in [-0.39, 0.29) is 0 Å². The largest absolute Gasteiger partial charge is 0.457 e. The van der Waals surface area contributed by atoms with Crippen molar-refractivity contribution >= 4 is 56.1 Å². The summed E-state index contributed by atoms with van der Waals surface area (Å²) < 4.78 is 13.3. The number of ether oxygens (including phenoxy) is 1. The summed E-state index contributed by atoms with van der Waals surface area (Å²) >= 11 is 0. The molecular weight excluding hydrogens is 721 g/mol. The summed E-state index contributed by atoms with van der Waals surface area (Å²) in [5.41, 5.74) is 14.8. The third-order valence-corrected chi connectivity index (χ3v) is 12.1. The number of fused-ring (bicyclic) bond motifs is 12. The zero-order valence-electron chi connectivity index (χ0n) is 32.0. The number of anilines is 6. The molecule has 2 heterocycles. The standard InChI is InChI=1S/C55H36N2O2/c1-4-16-37(17-5-1)56(38-18-6-2-7-19-38)42-29-32-45-46-34-40(30-33-51(46)58-54(45)36-42)57(39-20-8-3-9-21-39)41-28-31-44-43-22-10-11-23-47(43)55(50(44)35-41)48-24-12-14-26-52(48)59-53-27-15-13-25-49(53)55/h1-36H. The van der Waals surface area contributed by atoms with Crippen LogP contribution in [0.4, 0.5) is 34.1 Å². The predicted molar refractivity (Wildman–Crippen MR) is 240 cm³/mol. The fraction of sp³-hybridized carbons (Fsp3) is 0.0182. The summed E-state index contributed by atoms with van der Waals surface area (Å²) in [5.74, 6) is 1.77. The molecule has 4 heteroatoms. The van der Waals surface area contributed by atoms with Crippen LogP contribution in [0.2, 0.25) is 0 Å². The maximum absolute atomic E-state index is 6.64. The molecule has 9 aromatic carbocycles. The Morgan fingerprint density at radius 1 is 0.305 bits per heavy atom. The van der Waals surface area contributed by atoms with Crippen molar-refractivity contribution in [3.05, 3.63) is 241 Å². The summed E-state index contributed by atoms with van der Waals surface area (Å²) in [6, 6.07) is 77.7. The molecule has 0 atom stereocenters. The molecule has 0 fully saturated rings. The molecule has 0 saturated carbocycles. The first-order valence-electron chi connectivity index (χ1n) is 20.1. The van der Waals surface area contributed by atoms with Gasteiger partial charge in [-0.25, -0.2) is 0 Å². The van der Waals surface area contributed by atoms with Crippen molar-refractivity contribution in [2.45, 2.75) is 5.41 Å². The normalized spacial score (nSPS) is 13.0. The first kappa shape index (κ1) is 33.3. The van der Waals surface area contributed by atoms with E-state index in [1.807, 2.05) is 12.1 Å². The second-order valence-corrected chi connectivity index (χ2v) is 15.3. The molecule has 0 bridgehead atoms. The maximum Gasteiger partial charge on any atom is 0.137 e. The molecule has 0 amide bonds. The van der Waals surface area contributed by atoms with Crippen molar-refractivity contribution in [1.82, 2.24) is 0 Å². The van der Waals surface area contributed by atoms with Crippen molar-refractivity contribution in [1.29, 1.82) is 0 Å². The molecular formula is C55H36N2O2. The van der Waals surface area contributed by atoms with Gasteiger partial charge in [0.15, 0.2) is 0 Å². The lowest BCUT2D eigenvalue weighted by Gasteiger charge is -2.39. The minimum atomic E-state index is -0.564. The van der Waals surface area contributed by atoms with Gasteiger partial charge in [0.25, 0.3) is 0 Å². The van der Waals surface area contributed by atoms with E-state index in [4.69, 9.17) is 9.15 Å². The summed E-state index contributed by atoms with van der Waals surface area (Å²) in [6.45, 7) is 0. The molecule has 1 aliphatic carbocycles. The zero-order valence-corrected chi connectivity index (χ0v) is 32.0. The zero-order chi connectivity index (χ0) is 38.9. The van der Waals surface area contributed by atoms with Gasteiger partial charge in [-0.05, 0) is 113 Å². The van der Waals surface area contributed by atoms with Crippen molar-refractivity contribution in [2.24, 2.45) is 0 Å². The first-order chi connectivity index (χ1) is 29.3. The highest BCUT2D eigenvalue weighted by Gasteiger charge is 2.51. The van der Waals surface area contributed by atoms with Crippen molar-refractivity contribution in [3.63, 3.8) is 0 Å². The second kappa shape index (κ2) is 13.1. The Morgan fingerprint density at radius 2 is 0.780 bits per heavy atom. The highest BCUT2D eigenvalue weighted by Crippen LogP contribution is 2.62. The topological polar surface area (TPSA) is 28.9 Å². The van der Waals surface area contributed by atoms with Gasteiger partial charge in [0, 0.05) is 62.1 Å². The molecule has 1 aliphatic heterocycles. The monoisotopic (exact) mass is 756 g/mol. The van der Waals surface area contributed by atoms with E-state index in [2.05, 4.69) is 216 Å². The average Bonchev–Trinajstić information content (AvgIpc) is 3.80. The van der Waals surface area contributed by atoms with E-state index >= 15 is 0 Å². The molecule has 2 aliphatic rings. The Kier molecular flexibility index (Phi) is 7.41. The van der Waals surface area contributed by atoms with E-state index in [9.17, 15) is 0 Å². The molecule has 59 heavy (non-hydrogen) atoms. The van der Waals surface area contributed by atoms with E-state index in [1.54, 1.807) is 0 Å². The van der Waals surface area contributed by atoms with Gasteiger partial charge in [0.2, 0.25) is 0 Å². The van der Waals surface area contributed by atoms with Crippen molar-refractivity contribution in [3.8, 4) is 22.6 Å². The summed E-state index contributed by atoms with van der Waals surface area (Å²) in [5, 5.41) is 2.13. The van der Waals surface area contributed by atoms with Crippen LogP contribution >= 0.6 is 0 Å². The second-order valence-electron chi connectivity index (χ2n) is 15.3. The number of para-hydroxylation sites is 5. The van der Waals surface area contributed by atoms with Crippen LogP contribution in [0, 0.1) is 0 Å². The molecule has 12 rings (SSSR count). The van der Waals surface area contributed by atoms with Gasteiger partial charge < -0.3 is 19.0 Å². The Bertz CT molecular complexity index is 3120. The van der Waals surface area contributed by atoms with Crippen LogP contribution in [-0.2, 0) is 5.41 Å². The van der Waals surface area contributed by atoms with Gasteiger partial charge in [0.05, 0.1) is 5.41 Å². The van der Waals surface area contributed by atoms with Gasteiger partial charge in [-0.15, -0.1) is 0 Å². The molecule has 0 N–H and O–H groups in total. The van der Waals surface area contributed by atoms with Gasteiger partial charge in [-0.2, -0.15) is 0 Å². The number of nitrogens with zero attached hydrogens (tertiary/aromatic N) is 2. The van der Waals surface area contributed by atoms with E-state index in [0.29, 0.717) is 0 Å². The Hall–Kier alpha value is -7.82. The minimum absolute atomic E-state index is 0.564. The molecule has 0 saturated heterocycles. The predicted octanol–water partition coefficient (Wildman–Crippen LogP) is 15.0. The maximum atomic E-state index is 6.64. The smallest absolute Gasteiger partial charge is 0.137 e. The van der Waals surface area contributed by atoms with Crippen LogP contribution in [0.25, 0.3) is 33.1 Å².